The summed E-state index contributed by atoms with van der Waals surface area (Å²) in [6, 6.07) is 10.3. The number of anilines is 1. The van der Waals surface area contributed by atoms with Crippen LogP contribution < -0.4 is 22.1 Å². The van der Waals surface area contributed by atoms with E-state index < -0.39 is 5.69 Å². The predicted molar refractivity (Wildman–Crippen MR) is 134 cm³/mol. The molecule has 1 aromatic carbocycles. The van der Waals surface area contributed by atoms with E-state index in [9.17, 15) is 9.59 Å². The Morgan fingerprint density at radius 2 is 1.94 bits per heavy atom. The normalized spacial score (nSPS) is 21.2. The average Bonchev–Trinajstić information content (AvgIpc) is 2.82. The maximum absolute atomic E-state index is 12.6. The number of carbonyl (C=O) groups is 1. The third-order valence-electron chi connectivity index (χ3n) is 6.98. The van der Waals surface area contributed by atoms with E-state index >= 15 is 0 Å². The Labute approximate surface area is 201 Å². The summed E-state index contributed by atoms with van der Waals surface area (Å²) >= 11 is 0. The molecule has 0 bridgehead atoms. The number of likely N-dealkylation sites (N-methyl/N-ethyl adjacent to an activating group) is 1. The molecule has 1 saturated heterocycles. The van der Waals surface area contributed by atoms with Crippen LogP contribution in [0.15, 0.2) is 41.3 Å². The van der Waals surface area contributed by atoms with E-state index in [1.807, 2.05) is 12.1 Å². The van der Waals surface area contributed by atoms with E-state index in [0.29, 0.717) is 25.2 Å². The highest BCUT2D eigenvalue weighted by Gasteiger charge is 2.28. The lowest BCUT2D eigenvalue weighted by atomic mass is 9.80. The summed E-state index contributed by atoms with van der Waals surface area (Å²) in [5.41, 5.74) is 7.52. The second-order valence-electron chi connectivity index (χ2n) is 9.54. The summed E-state index contributed by atoms with van der Waals surface area (Å²) in [6.07, 6.45) is 4.89. The van der Waals surface area contributed by atoms with Crippen molar-refractivity contribution in [2.45, 2.75) is 45.2 Å². The largest absolute Gasteiger partial charge is 0.354 e. The molecule has 1 saturated carbocycles. The van der Waals surface area contributed by atoms with Crippen molar-refractivity contribution in [1.82, 2.24) is 24.7 Å². The first-order chi connectivity index (χ1) is 16.4. The fourth-order valence-corrected chi connectivity index (χ4v) is 4.88. The molecule has 0 radical (unpaired) electrons. The topological polar surface area (TPSA) is 109 Å². The van der Waals surface area contributed by atoms with E-state index in [4.69, 9.17) is 5.73 Å². The molecule has 1 aliphatic carbocycles. The number of hydrogen-bond acceptors (Lipinski definition) is 6. The Balaban J connectivity index is 1.35. The fraction of sp³-hybridized carbons (Fsp3) is 0.560. The van der Waals surface area contributed by atoms with Crippen molar-refractivity contribution in [3.8, 4) is 5.69 Å². The average molecular weight is 468 g/mol. The first-order valence-corrected chi connectivity index (χ1v) is 12.4. The highest BCUT2D eigenvalue weighted by atomic mass is 16.2. The van der Waals surface area contributed by atoms with Crippen LogP contribution in [-0.2, 0) is 6.42 Å². The third-order valence-corrected chi connectivity index (χ3v) is 6.98. The van der Waals surface area contributed by atoms with Gasteiger partial charge in [0.1, 0.15) is 5.82 Å². The van der Waals surface area contributed by atoms with Crippen LogP contribution in [0.2, 0.25) is 0 Å². The van der Waals surface area contributed by atoms with E-state index in [2.05, 4.69) is 46.5 Å². The number of aromatic nitrogens is 2. The molecule has 2 aliphatic rings. The molecule has 1 aromatic heterocycles. The second-order valence-corrected chi connectivity index (χ2v) is 9.54. The Kier molecular flexibility index (Phi) is 7.97. The fourth-order valence-electron chi connectivity index (χ4n) is 4.88. The van der Waals surface area contributed by atoms with Crippen LogP contribution in [0.5, 0.6) is 0 Å². The minimum absolute atomic E-state index is 0.231. The molecular weight excluding hydrogens is 430 g/mol. The van der Waals surface area contributed by atoms with Crippen LogP contribution in [0.4, 0.5) is 10.6 Å². The number of nitrogens with zero attached hydrogens (tertiary/aromatic N) is 4. The van der Waals surface area contributed by atoms with Crippen molar-refractivity contribution in [2.24, 2.45) is 11.7 Å². The van der Waals surface area contributed by atoms with Crippen molar-refractivity contribution in [1.29, 1.82) is 0 Å². The zero-order valence-electron chi connectivity index (χ0n) is 20.2. The van der Waals surface area contributed by atoms with E-state index in [1.165, 1.54) is 10.1 Å². The minimum atomic E-state index is -0.421. The Bertz CT molecular complexity index is 1010. The summed E-state index contributed by atoms with van der Waals surface area (Å²) in [5.74, 6) is 0.992. The molecule has 1 unspecified atom stereocenters. The number of nitrogens with two attached hydrogens (primary N) is 1. The van der Waals surface area contributed by atoms with Gasteiger partial charge in [0.25, 0.3) is 0 Å². The summed E-state index contributed by atoms with van der Waals surface area (Å²) in [5, 5.41) is 5.93. The molecule has 184 valence electrons. The van der Waals surface area contributed by atoms with Crippen molar-refractivity contribution >= 4 is 11.8 Å². The number of piperazine rings is 1. The van der Waals surface area contributed by atoms with Gasteiger partial charge in [-0.15, -0.1) is 0 Å². The van der Waals surface area contributed by atoms with Gasteiger partial charge in [0.05, 0.1) is 5.69 Å². The van der Waals surface area contributed by atoms with Gasteiger partial charge in [-0.3, -0.25) is 9.88 Å². The SMILES string of the molecule is CCN(C[C@H]1C[C@H](N)C1)C(C)Cc1ccc(-n2ccc(NC(=O)N3CCNCC3)nc2=O)cc1. The molecular formula is C25H37N7O2. The van der Waals surface area contributed by atoms with Crippen LogP contribution in [0.1, 0.15) is 32.3 Å². The van der Waals surface area contributed by atoms with Crippen molar-refractivity contribution in [3.05, 3.63) is 52.6 Å². The summed E-state index contributed by atoms with van der Waals surface area (Å²) in [6.45, 7) is 9.44. The van der Waals surface area contributed by atoms with Gasteiger partial charge in [0.15, 0.2) is 0 Å². The predicted octanol–water partition coefficient (Wildman–Crippen LogP) is 1.66. The zero-order chi connectivity index (χ0) is 24.1. The highest BCUT2D eigenvalue weighted by molar-refractivity contribution is 5.88. The number of carbonyl (C=O) groups excluding carboxylic acids is 1. The summed E-state index contributed by atoms with van der Waals surface area (Å²) < 4.78 is 1.49. The van der Waals surface area contributed by atoms with Crippen LogP contribution >= 0.6 is 0 Å². The molecule has 34 heavy (non-hydrogen) atoms. The molecule has 4 N–H and O–H groups in total. The Morgan fingerprint density at radius 3 is 2.56 bits per heavy atom. The Hall–Kier alpha value is -2.75. The molecule has 9 heteroatoms. The van der Waals surface area contributed by atoms with Crippen LogP contribution in [0.25, 0.3) is 5.69 Å². The molecule has 2 amide bonds. The van der Waals surface area contributed by atoms with E-state index in [0.717, 1.165) is 57.0 Å². The first kappa shape index (κ1) is 24.4. The number of hydrogen-bond donors (Lipinski definition) is 3. The molecule has 0 spiro atoms. The van der Waals surface area contributed by atoms with Crippen LogP contribution in [0.3, 0.4) is 0 Å². The Morgan fingerprint density at radius 1 is 1.24 bits per heavy atom. The van der Waals surface area contributed by atoms with Gasteiger partial charge in [0.2, 0.25) is 0 Å². The number of rotatable bonds is 8. The number of benzene rings is 1. The lowest BCUT2D eigenvalue weighted by Gasteiger charge is -2.38. The zero-order valence-corrected chi connectivity index (χ0v) is 20.2. The van der Waals surface area contributed by atoms with Crippen molar-refractivity contribution < 1.29 is 4.79 Å². The van der Waals surface area contributed by atoms with Gasteiger partial charge in [-0.1, -0.05) is 19.1 Å². The summed E-state index contributed by atoms with van der Waals surface area (Å²) in [4.78, 5) is 33.3. The highest BCUT2D eigenvalue weighted by Crippen LogP contribution is 2.27. The quantitative estimate of drug-likeness (QED) is 0.545. The standard InChI is InChI=1S/C25H37N7O2/c1-3-30(17-20-15-21(26)16-20)18(2)14-19-4-6-22(7-5-19)32-11-8-23(29-25(32)34)28-24(33)31-12-9-27-10-13-31/h4-8,11,18,20-21,27H,3,9-10,12-17,26H2,1-2H3,(H,28,29,33,34)/t18?,20-,21-. The lowest BCUT2D eigenvalue weighted by Crippen LogP contribution is -2.48. The molecule has 1 aliphatic heterocycles. The first-order valence-electron chi connectivity index (χ1n) is 12.4. The van der Waals surface area contributed by atoms with Gasteiger partial charge >= 0.3 is 11.7 Å². The van der Waals surface area contributed by atoms with Gasteiger partial charge in [-0.2, -0.15) is 4.98 Å². The number of urea groups is 1. The second kappa shape index (κ2) is 11.1. The summed E-state index contributed by atoms with van der Waals surface area (Å²) in [7, 11) is 0. The molecule has 2 fully saturated rings. The van der Waals surface area contributed by atoms with Crippen molar-refractivity contribution in [2.75, 3.05) is 44.6 Å². The number of amides is 2. The molecule has 2 heterocycles. The molecule has 4 rings (SSSR count). The van der Waals surface area contributed by atoms with E-state index in [-0.39, 0.29) is 11.8 Å². The smallest absolute Gasteiger partial charge is 0.328 e. The maximum Gasteiger partial charge on any atom is 0.354 e. The molecule has 2 aromatic rings. The molecule has 9 nitrogen and oxygen atoms in total. The van der Waals surface area contributed by atoms with Crippen molar-refractivity contribution in [3.63, 3.8) is 0 Å². The van der Waals surface area contributed by atoms with Gasteiger partial charge in [-0.05, 0) is 62.4 Å². The van der Waals surface area contributed by atoms with E-state index in [1.54, 1.807) is 17.2 Å². The van der Waals surface area contributed by atoms with Gasteiger partial charge < -0.3 is 20.9 Å². The monoisotopic (exact) mass is 467 g/mol. The molecule has 1 atom stereocenters. The lowest BCUT2D eigenvalue weighted by molar-refractivity contribution is 0.132. The van der Waals surface area contributed by atoms with Crippen LogP contribution in [0, 0.1) is 5.92 Å². The van der Waals surface area contributed by atoms with Crippen LogP contribution in [-0.4, -0.2) is 76.7 Å². The number of nitrogens with one attached hydrogen (secondary N) is 2. The third kappa shape index (κ3) is 6.02. The maximum atomic E-state index is 12.6. The minimum Gasteiger partial charge on any atom is -0.328 e. The van der Waals surface area contributed by atoms with Gasteiger partial charge in [-0.25, -0.2) is 9.59 Å². The van der Waals surface area contributed by atoms with Gasteiger partial charge in [0, 0.05) is 51.0 Å².